The summed E-state index contributed by atoms with van der Waals surface area (Å²) in [4.78, 5) is 23.7. The number of carbonyl (C=O) groups is 1. The van der Waals surface area contributed by atoms with Crippen LogP contribution in [0.5, 0.6) is 0 Å². The van der Waals surface area contributed by atoms with Crippen LogP contribution in [0.1, 0.15) is 85.7 Å². The van der Waals surface area contributed by atoms with Crippen molar-refractivity contribution in [1.29, 1.82) is 0 Å². The lowest BCUT2D eigenvalue weighted by molar-refractivity contribution is -0.133. The van der Waals surface area contributed by atoms with Gasteiger partial charge >= 0.3 is 0 Å². The fraction of sp³-hybridized carbons (Fsp3) is 0.667. The second-order valence-corrected chi connectivity index (χ2v) is 10.3. The van der Waals surface area contributed by atoms with Crippen molar-refractivity contribution in [3.05, 3.63) is 29.2 Å². The van der Waals surface area contributed by atoms with Crippen LogP contribution in [-0.2, 0) is 30.3 Å². The van der Waals surface area contributed by atoms with Crippen LogP contribution in [0.4, 0.5) is 11.8 Å². The van der Waals surface area contributed by atoms with Gasteiger partial charge in [0.15, 0.2) is 0 Å². The minimum Gasteiger partial charge on any atom is -0.332 e. The molecule has 0 spiro atoms. The van der Waals surface area contributed by atoms with Gasteiger partial charge in [0.25, 0.3) is 0 Å². The van der Waals surface area contributed by atoms with Crippen LogP contribution in [0.3, 0.4) is 0 Å². The van der Waals surface area contributed by atoms with Crippen LogP contribution in [0.25, 0.3) is 0 Å². The number of rotatable bonds is 4. The number of anilines is 2. The number of aromatic nitrogens is 4. The number of fused-ring (bicyclic) bond motifs is 1. The molecule has 2 aromatic heterocycles. The molecule has 0 aromatic carbocycles. The minimum atomic E-state index is -0.0263. The van der Waals surface area contributed by atoms with Gasteiger partial charge in [0.1, 0.15) is 5.82 Å². The van der Waals surface area contributed by atoms with Crippen LogP contribution >= 0.6 is 0 Å². The van der Waals surface area contributed by atoms with E-state index in [0.717, 1.165) is 22.8 Å². The van der Waals surface area contributed by atoms with Crippen LogP contribution in [0.15, 0.2) is 12.3 Å². The highest BCUT2D eigenvalue weighted by Gasteiger charge is 2.29. The lowest BCUT2D eigenvalue weighted by Crippen LogP contribution is -2.30. The van der Waals surface area contributed by atoms with E-state index in [4.69, 9.17) is 0 Å². The summed E-state index contributed by atoms with van der Waals surface area (Å²) in [5.41, 5.74) is 3.04. The molecule has 0 saturated heterocycles. The first kappa shape index (κ1) is 24.8. The molecule has 0 saturated carbocycles. The Labute approximate surface area is 187 Å². The summed E-state index contributed by atoms with van der Waals surface area (Å²) in [5.74, 6) is 1.88. The molecule has 1 aliphatic rings. The summed E-state index contributed by atoms with van der Waals surface area (Å²) in [6, 6.07) is 2.03. The molecule has 7 heteroatoms. The number of carbonyl (C=O) groups excluding carboxylic acids is 1. The Balaban J connectivity index is 0.00000166. The van der Waals surface area contributed by atoms with Crippen molar-refractivity contribution in [3.63, 3.8) is 0 Å². The smallest absolute Gasteiger partial charge is 0.228 e. The zero-order valence-corrected chi connectivity index (χ0v) is 21.0. The molecule has 0 fully saturated rings. The first-order chi connectivity index (χ1) is 14.3. The standard InChI is InChI=1S/C22H34N6O.C2H6/c1-14(21(2,3)4)9-19(29)28-12-15-11-23-20(24-16(15)13-28)25-18-10-17(22(5,6)7)26-27(18)8;1-2/h10-11,14H,9,12-13H2,1-8H3,(H,23,24,25);1-2H3. The number of amides is 1. The third kappa shape index (κ3) is 6.05. The van der Waals surface area contributed by atoms with E-state index in [1.807, 2.05) is 38.1 Å². The first-order valence-electron chi connectivity index (χ1n) is 11.3. The highest BCUT2D eigenvalue weighted by Crippen LogP contribution is 2.31. The fourth-order valence-corrected chi connectivity index (χ4v) is 3.15. The van der Waals surface area contributed by atoms with Gasteiger partial charge in [-0.1, -0.05) is 62.3 Å². The largest absolute Gasteiger partial charge is 0.332 e. The molecular formula is C24H40N6O. The maximum absolute atomic E-state index is 12.7. The van der Waals surface area contributed by atoms with E-state index in [1.54, 1.807) is 4.68 Å². The molecular weight excluding hydrogens is 388 g/mol. The van der Waals surface area contributed by atoms with Gasteiger partial charge in [-0.05, 0) is 11.3 Å². The van der Waals surface area contributed by atoms with Crippen molar-refractivity contribution in [2.45, 2.75) is 87.2 Å². The number of aryl methyl sites for hydroxylation is 1. The Kier molecular flexibility index (Phi) is 7.50. The highest BCUT2D eigenvalue weighted by atomic mass is 16.2. The monoisotopic (exact) mass is 428 g/mol. The zero-order valence-electron chi connectivity index (χ0n) is 21.0. The lowest BCUT2D eigenvalue weighted by atomic mass is 9.80. The maximum atomic E-state index is 12.7. The molecule has 0 radical (unpaired) electrons. The average molecular weight is 429 g/mol. The summed E-state index contributed by atoms with van der Waals surface area (Å²) in [5, 5.41) is 7.84. The van der Waals surface area contributed by atoms with Crippen molar-refractivity contribution in [1.82, 2.24) is 24.6 Å². The van der Waals surface area contributed by atoms with Gasteiger partial charge in [-0.15, -0.1) is 0 Å². The van der Waals surface area contributed by atoms with Gasteiger partial charge in [0.2, 0.25) is 11.9 Å². The zero-order chi connectivity index (χ0) is 23.6. The summed E-state index contributed by atoms with van der Waals surface area (Å²) in [6.07, 6.45) is 2.38. The van der Waals surface area contributed by atoms with Crippen molar-refractivity contribution >= 4 is 17.7 Å². The molecule has 1 unspecified atom stereocenters. The molecule has 7 nitrogen and oxygen atoms in total. The predicted octanol–water partition coefficient (Wildman–Crippen LogP) is 5.19. The average Bonchev–Trinajstić information content (AvgIpc) is 3.26. The first-order valence-corrected chi connectivity index (χ1v) is 11.3. The van der Waals surface area contributed by atoms with Gasteiger partial charge in [0.05, 0.1) is 17.9 Å². The Hall–Kier alpha value is -2.44. The second-order valence-electron chi connectivity index (χ2n) is 10.3. The summed E-state index contributed by atoms with van der Waals surface area (Å²) in [6.45, 7) is 20.2. The normalized spacial score (nSPS) is 14.6. The molecule has 1 N–H and O–H groups in total. The van der Waals surface area contributed by atoms with Crippen LogP contribution in [0.2, 0.25) is 0 Å². The molecule has 31 heavy (non-hydrogen) atoms. The van der Waals surface area contributed by atoms with E-state index in [-0.39, 0.29) is 16.7 Å². The van der Waals surface area contributed by atoms with E-state index in [0.29, 0.717) is 31.4 Å². The fourth-order valence-electron chi connectivity index (χ4n) is 3.15. The number of nitrogens with one attached hydrogen (secondary N) is 1. The maximum Gasteiger partial charge on any atom is 0.228 e. The molecule has 172 valence electrons. The number of nitrogens with zero attached hydrogens (tertiary/aromatic N) is 5. The summed E-state index contributed by atoms with van der Waals surface area (Å²) in [7, 11) is 1.90. The van der Waals surface area contributed by atoms with Crippen molar-refractivity contribution in [2.24, 2.45) is 18.4 Å². The molecule has 1 amide bonds. The summed E-state index contributed by atoms with van der Waals surface area (Å²) >= 11 is 0. The molecule has 1 atom stereocenters. The molecule has 0 bridgehead atoms. The van der Waals surface area contributed by atoms with Gasteiger partial charge < -0.3 is 10.2 Å². The number of hydrogen-bond acceptors (Lipinski definition) is 5. The van der Waals surface area contributed by atoms with E-state index >= 15 is 0 Å². The SMILES string of the molecule is CC.CC(CC(=O)N1Cc2cnc(Nc3cc(C(C)(C)C)nn3C)nc2C1)C(C)(C)C. The van der Waals surface area contributed by atoms with E-state index < -0.39 is 0 Å². The van der Waals surface area contributed by atoms with Crippen molar-refractivity contribution in [2.75, 3.05) is 5.32 Å². The van der Waals surface area contributed by atoms with Crippen LogP contribution < -0.4 is 5.32 Å². The topological polar surface area (TPSA) is 75.9 Å². The lowest BCUT2D eigenvalue weighted by Gasteiger charge is -2.28. The second kappa shape index (κ2) is 9.37. The Morgan fingerprint density at radius 1 is 1.16 bits per heavy atom. The van der Waals surface area contributed by atoms with E-state index in [2.05, 4.69) is 68.8 Å². The van der Waals surface area contributed by atoms with Gasteiger partial charge in [-0.3, -0.25) is 9.48 Å². The Morgan fingerprint density at radius 2 is 1.81 bits per heavy atom. The van der Waals surface area contributed by atoms with Crippen molar-refractivity contribution < 1.29 is 4.79 Å². The third-order valence-corrected chi connectivity index (χ3v) is 5.86. The Morgan fingerprint density at radius 3 is 2.35 bits per heavy atom. The van der Waals surface area contributed by atoms with Gasteiger partial charge in [0, 0.05) is 43.3 Å². The summed E-state index contributed by atoms with van der Waals surface area (Å²) < 4.78 is 1.81. The molecule has 1 aliphatic heterocycles. The van der Waals surface area contributed by atoms with Gasteiger partial charge in [-0.2, -0.15) is 5.10 Å². The van der Waals surface area contributed by atoms with Crippen LogP contribution in [-0.4, -0.2) is 30.6 Å². The van der Waals surface area contributed by atoms with E-state index in [9.17, 15) is 4.79 Å². The van der Waals surface area contributed by atoms with E-state index in [1.165, 1.54) is 0 Å². The quantitative estimate of drug-likeness (QED) is 0.725. The molecule has 3 heterocycles. The van der Waals surface area contributed by atoms with Crippen molar-refractivity contribution in [3.8, 4) is 0 Å². The molecule has 3 rings (SSSR count). The highest BCUT2D eigenvalue weighted by molar-refractivity contribution is 5.77. The molecule has 2 aromatic rings. The minimum absolute atomic E-state index is 0.0263. The van der Waals surface area contributed by atoms with Gasteiger partial charge in [-0.25, -0.2) is 9.97 Å². The van der Waals surface area contributed by atoms with Crippen LogP contribution in [0, 0.1) is 11.3 Å². The third-order valence-electron chi connectivity index (χ3n) is 5.86. The molecule has 0 aliphatic carbocycles. The predicted molar refractivity (Wildman–Crippen MR) is 126 cm³/mol. The Bertz CT molecular complexity index is 904. The number of hydrogen-bond donors (Lipinski definition) is 1.